The molecule has 0 aromatic heterocycles. The van der Waals surface area contributed by atoms with Crippen LogP contribution in [-0.4, -0.2) is 42.6 Å². The Morgan fingerprint density at radius 3 is 2.77 bits per heavy atom. The van der Waals surface area contributed by atoms with E-state index in [0.717, 1.165) is 25.9 Å². The molecule has 2 fully saturated rings. The summed E-state index contributed by atoms with van der Waals surface area (Å²) < 4.78 is 5.80. The van der Waals surface area contributed by atoms with Gasteiger partial charge in [0, 0.05) is 25.2 Å². The number of fused-ring (bicyclic) bond motifs is 1. The van der Waals surface area contributed by atoms with E-state index in [4.69, 9.17) is 4.74 Å². The largest absolute Gasteiger partial charge is 0.365 e. The zero-order chi connectivity index (χ0) is 17.9. The van der Waals surface area contributed by atoms with Gasteiger partial charge in [0.15, 0.2) is 0 Å². The molecule has 1 aliphatic carbocycles. The highest BCUT2D eigenvalue weighted by molar-refractivity contribution is 5.86. The molecule has 2 aromatic rings. The molecule has 2 aliphatic rings. The number of rotatable bonds is 5. The van der Waals surface area contributed by atoms with Crippen LogP contribution in [0.3, 0.4) is 0 Å². The van der Waals surface area contributed by atoms with Crippen molar-refractivity contribution >= 4 is 16.7 Å². The number of nitrogens with zero attached hydrogens (tertiary/aromatic N) is 1. The first kappa shape index (κ1) is 17.5. The molecule has 2 aromatic carbocycles. The van der Waals surface area contributed by atoms with E-state index in [1.54, 1.807) is 0 Å². The van der Waals surface area contributed by atoms with E-state index >= 15 is 0 Å². The maximum absolute atomic E-state index is 12.2. The molecule has 4 rings (SSSR count). The molecule has 1 amide bonds. The van der Waals surface area contributed by atoms with Gasteiger partial charge in [0.25, 0.3) is 0 Å². The smallest absolute Gasteiger partial charge is 0.248 e. The van der Waals surface area contributed by atoms with E-state index in [1.165, 1.54) is 29.2 Å². The molecular formula is C22H28N2O2. The summed E-state index contributed by atoms with van der Waals surface area (Å²) >= 11 is 0. The first-order chi connectivity index (χ1) is 12.7. The fraction of sp³-hybridized carbons (Fsp3) is 0.500. The minimum atomic E-state index is 0.0747. The third kappa shape index (κ3) is 3.62. The second-order valence-corrected chi connectivity index (χ2v) is 7.62. The van der Waals surface area contributed by atoms with Crippen molar-refractivity contribution in [1.82, 2.24) is 10.2 Å². The summed E-state index contributed by atoms with van der Waals surface area (Å²) in [6, 6.07) is 15.6. The van der Waals surface area contributed by atoms with E-state index in [0.29, 0.717) is 6.04 Å². The highest BCUT2D eigenvalue weighted by Gasteiger charge is 2.33. The summed E-state index contributed by atoms with van der Waals surface area (Å²) in [4.78, 5) is 14.3. The number of morpholine rings is 1. The van der Waals surface area contributed by atoms with Crippen LogP contribution in [0.4, 0.5) is 0 Å². The van der Waals surface area contributed by atoms with Crippen LogP contribution in [0.25, 0.3) is 10.8 Å². The summed E-state index contributed by atoms with van der Waals surface area (Å²) in [5.41, 5.74) is 1.31. The zero-order valence-electron chi connectivity index (χ0n) is 15.5. The van der Waals surface area contributed by atoms with Gasteiger partial charge < -0.3 is 15.0 Å². The van der Waals surface area contributed by atoms with Gasteiger partial charge in [-0.25, -0.2) is 0 Å². The SMILES string of the molecule is CC(NCC1CN(C2CCCC2)C(=O)CO1)c1cccc2ccccc12. The summed E-state index contributed by atoms with van der Waals surface area (Å²) in [6.45, 7) is 3.91. The van der Waals surface area contributed by atoms with Crippen molar-refractivity contribution in [2.75, 3.05) is 19.7 Å². The molecule has 4 heteroatoms. The molecular weight excluding hydrogens is 324 g/mol. The quantitative estimate of drug-likeness (QED) is 0.893. The summed E-state index contributed by atoms with van der Waals surface area (Å²) in [6.07, 6.45) is 4.87. The maximum atomic E-state index is 12.2. The fourth-order valence-electron chi connectivity index (χ4n) is 4.38. The topological polar surface area (TPSA) is 41.6 Å². The molecule has 0 radical (unpaired) electrons. The normalized spacial score (nSPS) is 22.9. The fourth-order valence-corrected chi connectivity index (χ4v) is 4.38. The van der Waals surface area contributed by atoms with Crippen LogP contribution >= 0.6 is 0 Å². The van der Waals surface area contributed by atoms with Crippen LogP contribution in [0.2, 0.25) is 0 Å². The van der Waals surface area contributed by atoms with E-state index in [-0.39, 0.29) is 24.7 Å². The summed E-state index contributed by atoms with van der Waals surface area (Å²) in [7, 11) is 0. The molecule has 1 saturated heterocycles. The number of carbonyl (C=O) groups is 1. The van der Waals surface area contributed by atoms with E-state index in [1.807, 2.05) is 0 Å². The Morgan fingerprint density at radius 1 is 1.15 bits per heavy atom. The van der Waals surface area contributed by atoms with E-state index < -0.39 is 0 Å². The molecule has 2 atom stereocenters. The van der Waals surface area contributed by atoms with Crippen molar-refractivity contribution in [3.63, 3.8) is 0 Å². The minimum Gasteiger partial charge on any atom is -0.365 e. The number of ether oxygens (including phenoxy) is 1. The van der Waals surface area contributed by atoms with Crippen molar-refractivity contribution < 1.29 is 9.53 Å². The molecule has 2 unspecified atom stereocenters. The Morgan fingerprint density at radius 2 is 1.92 bits per heavy atom. The molecule has 26 heavy (non-hydrogen) atoms. The molecule has 138 valence electrons. The van der Waals surface area contributed by atoms with Gasteiger partial charge in [0.1, 0.15) is 6.61 Å². The zero-order valence-corrected chi connectivity index (χ0v) is 15.5. The van der Waals surface area contributed by atoms with Crippen LogP contribution in [0, 0.1) is 0 Å². The van der Waals surface area contributed by atoms with Crippen LogP contribution < -0.4 is 5.32 Å². The molecule has 4 nitrogen and oxygen atoms in total. The number of hydrogen-bond donors (Lipinski definition) is 1. The lowest BCUT2D eigenvalue weighted by Crippen LogP contribution is -2.53. The predicted octanol–water partition coefficient (Wildman–Crippen LogP) is 3.66. The van der Waals surface area contributed by atoms with Crippen LogP contribution in [-0.2, 0) is 9.53 Å². The number of nitrogens with one attached hydrogen (secondary N) is 1. The van der Waals surface area contributed by atoms with Gasteiger partial charge in [-0.3, -0.25) is 4.79 Å². The Hall–Kier alpha value is -1.91. The first-order valence-corrected chi connectivity index (χ1v) is 9.84. The maximum Gasteiger partial charge on any atom is 0.248 e. The average molecular weight is 352 g/mol. The van der Waals surface area contributed by atoms with Gasteiger partial charge >= 0.3 is 0 Å². The van der Waals surface area contributed by atoms with Crippen LogP contribution in [0.15, 0.2) is 42.5 Å². The van der Waals surface area contributed by atoms with Gasteiger partial charge in [-0.1, -0.05) is 55.3 Å². The third-order valence-electron chi connectivity index (χ3n) is 5.87. The molecule has 0 bridgehead atoms. The first-order valence-electron chi connectivity index (χ1n) is 9.84. The number of hydrogen-bond acceptors (Lipinski definition) is 3. The van der Waals surface area contributed by atoms with Gasteiger partial charge in [-0.2, -0.15) is 0 Å². The van der Waals surface area contributed by atoms with E-state index in [2.05, 4.69) is 59.6 Å². The average Bonchev–Trinajstić information content (AvgIpc) is 3.21. The van der Waals surface area contributed by atoms with Gasteiger partial charge in [0.2, 0.25) is 5.91 Å². The van der Waals surface area contributed by atoms with Crippen LogP contribution in [0.1, 0.15) is 44.2 Å². The van der Waals surface area contributed by atoms with Crippen molar-refractivity contribution in [2.45, 2.75) is 50.8 Å². The Bertz CT molecular complexity index is 764. The Kier molecular flexibility index (Phi) is 5.23. The Labute approximate surface area is 155 Å². The number of amides is 1. The van der Waals surface area contributed by atoms with Crippen molar-refractivity contribution in [3.05, 3.63) is 48.0 Å². The molecule has 0 spiro atoms. The van der Waals surface area contributed by atoms with Crippen molar-refractivity contribution in [2.24, 2.45) is 0 Å². The van der Waals surface area contributed by atoms with E-state index in [9.17, 15) is 4.79 Å². The van der Waals surface area contributed by atoms with Crippen molar-refractivity contribution in [3.8, 4) is 0 Å². The molecule has 1 heterocycles. The second kappa shape index (κ2) is 7.77. The van der Waals surface area contributed by atoms with Gasteiger partial charge in [0.05, 0.1) is 6.10 Å². The third-order valence-corrected chi connectivity index (χ3v) is 5.87. The molecule has 1 saturated carbocycles. The lowest BCUT2D eigenvalue weighted by molar-refractivity contribution is -0.151. The standard InChI is InChI=1S/C22H28N2O2/c1-16(20-12-6-8-17-7-2-5-11-21(17)20)23-13-19-14-24(22(25)15-26-19)18-9-3-4-10-18/h2,5-8,11-12,16,18-19,23H,3-4,9-10,13-15H2,1H3. The summed E-state index contributed by atoms with van der Waals surface area (Å²) in [5.74, 6) is 0.162. The number of carbonyl (C=O) groups excluding carboxylic acids is 1. The molecule has 1 aliphatic heterocycles. The predicted molar refractivity (Wildman–Crippen MR) is 104 cm³/mol. The second-order valence-electron chi connectivity index (χ2n) is 7.62. The highest BCUT2D eigenvalue weighted by atomic mass is 16.5. The van der Waals surface area contributed by atoms with Crippen molar-refractivity contribution in [1.29, 1.82) is 0 Å². The minimum absolute atomic E-state index is 0.0747. The summed E-state index contributed by atoms with van der Waals surface area (Å²) in [5, 5.41) is 6.19. The Balaban J connectivity index is 1.39. The number of benzene rings is 2. The van der Waals surface area contributed by atoms with Gasteiger partial charge in [-0.05, 0) is 36.1 Å². The lowest BCUT2D eigenvalue weighted by atomic mass is 9.99. The van der Waals surface area contributed by atoms with Crippen LogP contribution in [0.5, 0.6) is 0 Å². The highest BCUT2D eigenvalue weighted by Crippen LogP contribution is 2.26. The molecule has 1 N–H and O–H groups in total. The monoisotopic (exact) mass is 352 g/mol. The van der Waals surface area contributed by atoms with Gasteiger partial charge in [-0.15, -0.1) is 0 Å². The lowest BCUT2D eigenvalue weighted by Gasteiger charge is -2.37.